The number of non-ortho nitro benzene ring substituents is 1. The van der Waals surface area contributed by atoms with Crippen LogP contribution in [0.2, 0.25) is 0 Å². The maximum Gasteiger partial charge on any atom is 0.271 e. The van der Waals surface area contributed by atoms with E-state index in [1.807, 2.05) is 0 Å². The van der Waals surface area contributed by atoms with E-state index in [2.05, 4.69) is 21.2 Å². The number of rotatable bonds is 5. The van der Waals surface area contributed by atoms with Crippen molar-refractivity contribution in [3.05, 3.63) is 38.3 Å². The summed E-state index contributed by atoms with van der Waals surface area (Å²) >= 11 is 3.10. The summed E-state index contributed by atoms with van der Waals surface area (Å²) in [7, 11) is 0. The summed E-state index contributed by atoms with van der Waals surface area (Å²) in [6, 6.07) is 3.36. The molecule has 4 N–H and O–H groups in total. The number of nitrogens with two attached hydrogens (primary N) is 1. The summed E-state index contributed by atoms with van der Waals surface area (Å²) in [4.78, 5) is 21.9. The van der Waals surface area contributed by atoms with Crippen LogP contribution in [0.15, 0.2) is 22.7 Å². The lowest BCUT2D eigenvalue weighted by Crippen LogP contribution is -2.43. The number of benzene rings is 1. The van der Waals surface area contributed by atoms with Crippen LogP contribution in [-0.4, -0.2) is 34.6 Å². The highest BCUT2D eigenvalue weighted by Gasteiger charge is 2.15. The number of nitrogens with one attached hydrogen (secondary N) is 1. The second kappa shape index (κ2) is 6.60. The number of amides is 1. The molecular weight excluding hydrogens is 318 g/mol. The van der Waals surface area contributed by atoms with Gasteiger partial charge in [-0.15, -0.1) is 0 Å². The molecule has 19 heavy (non-hydrogen) atoms. The Kier molecular flexibility index (Phi) is 5.40. The van der Waals surface area contributed by atoms with Crippen molar-refractivity contribution in [3.63, 3.8) is 0 Å². The van der Waals surface area contributed by atoms with Crippen LogP contribution in [0.3, 0.4) is 0 Å². The lowest BCUT2D eigenvalue weighted by Gasteiger charge is -2.15. The van der Waals surface area contributed by atoms with Crippen molar-refractivity contribution in [3.8, 4) is 0 Å². The maximum absolute atomic E-state index is 11.8. The predicted molar refractivity (Wildman–Crippen MR) is 72.8 cm³/mol. The van der Waals surface area contributed by atoms with Crippen LogP contribution < -0.4 is 11.1 Å². The Morgan fingerprint density at radius 3 is 2.74 bits per heavy atom. The molecule has 0 spiro atoms. The summed E-state index contributed by atoms with van der Waals surface area (Å²) in [5, 5.41) is 22.4. The number of nitro groups is 1. The smallest absolute Gasteiger partial charge is 0.271 e. The highest BCUT2D eigenvalue weighted by atomic mass is 79.9. The van der Waals surface area contributed by atoms with E-state index in [9.17, 15) is 20.0 Å². The molecule has 0 aliphatic heterocycles. The molecule has 0 saturated heterocycles. The van der Waals surface area contributed by atoms with Gasteiger partial charge in [0.05, 0.1) is 11.0 Å². The third-order valence-corrected chi connectivity index (χ3v) is 2.93. The number of hydrogen-bond donors (Lipinski definition) is 3. The van der Waals surface area contributed by atoms with E-state index in [0.29, 0.717) is 4.47 Å². The second-order valence-electron chi connectivity index (χ2n) is 4.07. The summed E-state index contributed by atoms with van der Waals surface area (Å²) in [6.45, 7) is 1.59. The van der Waals surface area contributed by atoms with Gasteiger partial charge in [0.1, 0.15) is 0 Å². The van der Waals surface area contributed by atoms with Crippen LogP contribution >= 0.6 is 15.9 Å². The minimum absolute atomic E-state index is 0.0802. The predicted octanol–water partition coefficient (Wildman–Crippen LogP) is 0.795. The quantitative estimate of drug-likeness (QED) is 0.544. The lowest BCUT2D eigenvalue weighted by atomic mass is 10.1. The fourth-order valence-electron chi connectivity index (χ4n) is 1.29. The average molecular weight is 332 g/mol. The molecule has 0 heterocycles. The zero-order valence-corrected chi connectivity index (χ0v) is 11.8. The molecule has 0 bridgehead atoms. The lowest BCUT2D eigenvalue weighted by molar-refractivity contribution is -0.385. The highest BCUT2D eigenvalue weighted by molar-refractivity contribution is 9.10. The van der Waals surface area contributed by atoms with Crippen molar-refractivity contribution in [2.75, 3.05) is 6.54 Å². The van der Waals surface area contributed by atoms with E-state index >= 15 is 0 Å². The van der Waals surface area contributed by atoms with Gasteiger partial charge >= 0.3 is 0 Å². The van der Waals surface area contributed by atoms with Gasteiger partial charge in [0, 0.05) is 34.8 Å². The van der Waals surface area contributed by atoms with E-state index in [1.54, 1.807) is 0 Å². The third-order valence-electron chi connectivity index (χ3n) is 2.47. The molecule has 1 amide bonds. The third kappa shape index (κ3) is 4.58. The average Bonchev–Trinajstić information content (AvgIpc) is 2.34. The zero-order valence-electron chi connectivity index (χ0n) is 10.2. The van der Waals surface area contributed by atoms with E-state index in [4.69, 9.17) is 5.73 Å². The molecule has 0 saturated carbocycles. The molecule has 1 aromatic rings. The molecule has 104 valence electrons. The topological polar surface area (TPSA) is 118 Å². The standard InChI is InChI=1S/C11H14BrN3O4/c1-6(16)10(13)5-14-11(17)7-2-8(12)4-9(3-7)15(18)19/h2-4,6,10,16H,5,13H2,1H3,(H,14,17). The van der Waals surface area contributed by atoms with Gasteiger partial charge in [-0.05, 0) is 13.0 Å². The van der Waals surface area contributed by atoms with Gasteiger partial charge < -0.3 is 16.2 Å². The van der Waals surface area contributed by atoms with Gasteiger partial charge in [-0.25, -0.2) is 0 Å². The minimum Gasteiger partial charge on any atom is -0.392 e. The van der Waals surface area contributed by atoms with Crippen molar-refractivity contribution in [2.45, 2.75) is 19.1 Å². The number of nitro benzene ring substituents is 1. The molecule has 1 aromatic carbocycles. The number of nitrogens with zero attached hydrogens (tertiary/aromatic N) is 1. The first-order chi connectivity index (χ1) is 8.81. The molecular formula is C11H14BrN3O4. The summed E-state index contributed by atoms with van der Waals surface area (Å²) in [5.41, 5.74) is 5.54. The number of hydrogen-bond acceptors (Lipinski definition) is 5. The summed E-state index contributed by atoms with van der Waals surface area (Å²) < 4.78 is 0.437. The molecule has 0 aliphatic carbocycles. The van der Waals surface area contributed by atoms with Crippen molar-refractivity contribution >= 4 is 27.5 Å². The second-order valence-corrected chi connectivity index (χ2v) is 4.99. The first-order valence-corrected chi connectivity index (χ1v) is 6.27. The highest BCUT2D eigenvalue weighted by Crippen LogP contribution is 2.21. The fourth-order valence-corrected chi connectivity index (χ4v) is 1.77. The molecule has 0 aromatic heterocycles. The van der Waals surface area contributed by atoms with Gasteiger partial charge in [-0.3, -0.25) is 14.9 Å². The summed E-state index contributed by atoms with van der Waals surface area (Å²) in [6.07, 6.45) is -0.753. The van der Waals surface area contributed by atoms with Gasteiger partial charge in [0.15, 0.2) is 0 Å². The van der Waals surface area contributed by atoms with E-state index in [-0.39, 0.29) is 17.8 Å². The Balaban J connectivity index is 2.80. The first-order valence-electron chi connectivity index (χ1n) is 5.48. The Labute approximate surface area is 118 Å². The Morgan fingerprint density at radius 2 is 2.21 bits per heavy atom. The zero-order chi connectivity index (χ0) is 14.6. The van der Waals surface area contributed by atoms with Crippen molar-refractivity contribution in [2.24, 2.45) is 5.73 Å². The van der Waals surface area contributed by atoms with E-state index < -0.39 is 23.0 Å². The van der Waals surface area contributed by atoms with Crippen molar-refractivity contribution in [1.29, 1.82) is 0 Å². The molecule has 1 rings (SSSR count). The van der Waals surface area contributed by atoms with Crippen molar-refractivity contribution < 1.29 is 14.8 Å². The molecule has 2 atom stereocenters. The Morgan fingerprint density at radius 1 is 1.58 bits per heavy atom. The van der Waals surface area contributed by atoms with Crippen LogP contribution in [0.1, 0.15) is 17.3 Å². The van der Waals surface area contributed by atoms with Crippen LogP contribution in [0.25, 0.3) is 0 Å². The van der Waals surface area contributed by atoms with Crippen molar-refractivity contribution in [1.82, 2.24) is 5.32 Å². The molecule has 8 heteroatoms. The van der Waals surface area contributed by atoms with Crippen LogP contribution in [0, 0.1) is 10.1 Å². The minimum atomic E-state index is -0.753. The maximum atomic E-state index is 11.8. The Hall–Kier alpha value is -1.51. The normalized spacial score (nSPS) is 13.7. The SMILES string of the molecule is CC(O)C(N)CNC(=O)c1cc(Br)cc([N+](=O)[O-])c1. The molecule has 2 unspecified atom stereocenters. The largest absolute Gasteiger partial charge is 0.392 e. The van der Waals surface area contributed by atoms with E-state index in [1.165, 1.54) is 25.1 Å². The van der Waals surface area contributed by atoms with E-state index in [0.717, 1.165) is 0 Å². The number of carbonyl (C=O) groups excluding carboxylic acids is 1. The number of halogens is 1. The number of aliphatic hydroxyl groups excluding tert-OH is 1. The van der Waals surface area contributed by atoms with Crippen LogP contribution in [0.4, 0.5) is 5.69 Å². The Bertz CT molecular complexity index is 493. The summed E-state index contributed by atoms with van der Waals surface area (Å²) in [5.74, 6) is -0.486. The molecule has 0 aliphatic rings. The fraction of sp³-hybridized carbons (Fsp3) is 0.364. The van der Waals surface area contributed by atoms with Gasteiger partial charge in [0.25, 0.3) is 11.6 Å². The van der Waals surface area contributed by atoms with Gasteiger partial charge in [-0.1, -0.05) is 15.9 Å². The molecule has 0 radical (unpaired) electrons. The molecule has 7 nitrogen and oxygen atoms in total. The van der Waals surface area contributed by atoms with Gasteiger partial charge in [0.2, 0.25) is 0 Å². The monoisotopic (exact) mass is 331 g/mol. The van der Waals surface area contributed by atoms with Crippen LogP contribution in [0.5, 0.6) is 0 Å². The number of aliphatic hydroxyl groups is 1. The van der Waals surface area contributed by atoms with Crippen LogP contribution in [-0.2, 0) is 0 Å². The first kappa shape index (κ1) is 15.5. The molecule has 0 fully saturated rings. The number of carbonyl (C=O) groups is 1. The van der Waals surface area contributed by atoms with Gasteiger partial charge in [-0.2, -0.15) is 0 Å².